The minimum Gasteiger partial charge on any atom is -0.479 e. The number of aliphatic hydroxyl groups is 1. The zero-order chi connectivity index (χ0) is 13.7. The summed E-state index contributed by atoms with van der Waals surface area (Å²) in [5.74, 6) is -2.71. The molecule has 0 aliphatic heterocycles. The summed E-state index contributed by atoms with van der Waals surface area (Å²) in [7, 11) is 0. The van der Waals surface area contributed by atoms with E-state index in [9.17, 15) is 14.0 Å². The monoisotopic (exact) mass is 319 g/mol. The average molecular weight is 320 g/mol. The molecule has 7 heteroatoms. The summed E-state index contributed by atoms with van der Waals surface area (Å²) < 4.78 is 13.7. The van der Waals surface area contributed by atoms with E-state index in [0.29, 0.717) is 4.47 Å². The molecule has 0 saturated carbocycles. The first-order valence-electron chi connectivity index (χ1n) is 5.06. The average Bonchev–Trinajstić information content (AvgIpc) is 2.28. The third-order valence-corrected chi connectivity index (χ3v) is 2.84. The summed E-state index contributed by atoms with van der Waals surface area (Å²) in [6.45, 7) is -0.0624. The van der Waals surface area contributed by atoms with Gasteiger partial charge in [0.2, 0.25) is 0 Å². The smallest absolute Gasteiger partial charge is 0.332 e. The van der Waals surface area contributed by atoms with E-state index in [1.165, 1.54) is 12.1 Å². The van der Waals surface area contributed by atoms with Gasteiger partial charge in [-0.15, -0.1) is 0 Å². The number of hydrogen-bond acceptors (Lipinski definition) is 3. The molecule has 0 aliphatic carbocycles. The highest BCUT2D eigenvalue weighted by Crippen LogP contribution is 2.19. The Morgan fingerprint density at radius 2 is 2.11 bits per heavy atom. The van der Waals surface area contributed by atoms with Crippen molar-refractivity contribution in [2.45, 2.75) is 12.5 Å². The van der Waals surface area contributed by atoms with Gasteiger partial charge in [0.15, 0.2) is 6.10 Å². The lowest BCUT2D eigenvalue weighted by Crippen LogP contribution is -2.30. The number of amides is 1. The maximum absolute atomic E-state index is 13.4. The molecule has 0 aromatic heterocycles. The molecule has 1 atom stereocenters. The van der Waals surface area contributed by atoms with E-state index < -0.39 is 23.8 Å². The van der Waals surface area contributed by atoms with Crippen LogP contribution in [-0.2, 0) is 4.79 Å². The molecule has 0 radical (unpaired) electrons. The molecule has 1 aromatic rings. The van der Waals surface area contributed by atoms with E-state index in [0.717, 1.165) is 6.07 Å². The third kappa shape index (κ3) is 3.78. The van der Waals surface area contributed by atoms with E-state index in [1.807, 2.05) is 0 Å². The molecule has 98 valence electrons. The zero-order valence-corrected chi connectivity index (χ0v) is 10.8. The van der Waals surface area contributed by atoms with Crippen molar-refractivity contribution in [3.05, 3.63) is 34.1 Å². The van der Waals surface area contributed by atoms with Crippen molar-refractivity contribution in [1.29, 1.82) is 0 Å². The number of aliphatic hydroxyl groups excluding tert-OH is 1. The summed E-state index contributed by atoms with van der Waals surface area (Å²) in [6, 6.07) is 4.11. The Morgan fingerprint density at radius 3 is 2.67 bits per heavy atom. The maximum atomic E-state index is 13.4. The molecule has 5 nitrogen and oxygen atoms in total. The Morgan fingerprint density at radius 1 is 1.44 bits per heavy atom. The van der Waals surface area contributed by atoms with Crippen LogP contribution in [0.3, 0.4) is 0 Å². The van der Waals surface area contributed by atoms with Crippen LogP contribution in [0.2, 0.25) is 0 Å². The first-order chi connectivity index (χ1) is 8.43. The first-order valence-corrected chi connectivity index (χ1v) is 5.86. The minimum atomic E-state index is -1.55. The van der Waals surface area contributed by atoms with Gasteiger partial charge >= 0.3 is 5.97 Å². The van der Waals surface area contributed by atoms with Crippen LogP contribution in [0.25, 0.3) is 0 Å². The number of nitrogens with one attached hydrogen (secondary N) is 1. The van der Waals surface area contributed by atoms with Crippen molar-refractivity contribution in [3.8, 4) is 0 Å². The summed E-state index contributed by atoms with van der Waals surface area (Å²) in [5, 5.41) is 19.7. The Kier molecular flexibility index (Phi) is 5.24. The Hall–Kier alpha value is -1.47. The van der Waals surface area contributed by atoms with Crippen molar-refractivity contribution in [3.63, 3.8) is 0 Å². The van der Waals surface area contributed by atoms with Crippen LogP contribution in [0.15, 0.2) is 22.7 Å². The van der Waals surface area contributed by atoms with E-state index in [-0.39, 0.29) is 18.5 Å². The summed E-state index contributed by atoms with van der Waals surface area (Å²) in [5.41, 5.74) is -0.151. The van der Waals surface area contributed by atoms with Crippen LogP contribution in [0.1, 0.15) is 16.8 Å². The van der Waals surface area contributed by atoms with Crippen molar-refractivity contribution in [2.75, 3.05) is 6.54 Å². The van der Waals surface area contributed by atoms with Crippen LogP contribution in [0, 0.1) is 5.82 Å². The SMILES string of the molecule is O=C(NCC[C@H](O)C(=O)O)c1c(F)cccc1Br. The third-order valence-electron chi connectivity index (χ3n) is 2.18. The largest absolute Gasteiger partial charge is 0.479 e. The van der Waals surface area contributed by atoms with Gasteiger partial charge in [-0.25, -0.2) is 9.18 Å². The van der Waals surface area contributed by atoms with Gasteiger partial charge in [-0.1, -0.05) is 6.07 Å². The zero-order valence-electron chi connectivity index (χ0n) is 9.19. The second-order valence-electron chi connectivity index (χ2n) is 3.50. The van der Waals surface area contributed by atoms with Crippen LogP contribution in [0.5, 0.6) is 0 Å². The molecule has 0 aliphatic rings. The standard InChI is InChI=1S/C11H11BrFNO4/c12-6-2-1-3-7(13)9(6)10(16)14-5-4-8(15)11(17)18/h1-3,8,15H,4-5H2,(H,14,16)(H,17,18)/t8-/m0/s1. The van der Waals surface area contributed by atoms with Crippen molar-refractivity contribution >= 4 is 27.8 Å². The number of hydrogen-bond donors (Lipinski definition) is 3. The van der Waals surface area contributed by atoms with E-state index in [4.69, 9.17) is 10.2 Å². The number of aliphatic carboxylic acids is 1. The lowest BCUT2D eigenvalue weighted by atomic mass is 10.2. The highest BCUT2D eigenvalue weighted by Gasteiger charge is 2.17. The van der Waals surface area contributed by atoms with Gasteiger partial charge in [-0.05, 0) is 28.1 Å². The summed E-state index contributed by atoms with van der Waals surface area (Å²) in [4.78, 5) is 22.0. The number of carbonyl (C=O) groups excluding carboxylic acids is 1. The number of halogens is 2. The van der Waals surface area contributed by atoms with Gasteiger partial charge in [0.25, 0.3) is 5.91 Å². The van der Waals surface area contributed by atoms with E-state index in [1.54, 1.807) is 0 Å². The molecule has 1 rings (SSSR count). The van der Waals surface area contributed by atoms with Gasteiger partial charge in [-0.3, -0.25) is 4.79 Å². The number of carboxylic acid groups (broad SMARTS) is 1. The predicted molar refractivity (Wildman–Crippen MR) is 64.7 cm³/mol. The van der Waals surface area contributed by atoms with Gasteiger partial charge in [-0.2, -0.15) is 0 Å². The molecule has 1 amide bonds. The topological polar surface area (TPSA) is 86.6 Å². The second-order valence-corrected chi connectivity index (χ2v) is 4.35. The molecule has 0 unspecified atom stereocenters. The highest BCUT2D eigenvalue weighted by molar-refractivity contribution is 9.10. The fourth-order valence-corrected chi connectivity index (χ4v) is 1.77. The fraction of sp³-hybridized carbons (Fsp3) is 0.273. The van der Waals surface area contributed by atoms with E-state index in [2.05, 4.69) is 21.2 Å². The van der Waals surface area contributed by atoms with Gasteiger partial charge < -0.3 is 15.5 Å². The molecular weight excluding hydrogens is 309 g/mol. The fourth-order valence-electron chi connectivity index (χ4n) is 1.25. The molecule has 0 saturated heterocycles. The Bertz CT molecular complexity index is 446. The molecule has 0 spiro atoms. The molecule has 0 heterocycles. The summed E-state index contributed by atoms with van der Waals surface area (Å²) >= 11 is 3.05. The summed E-state index contributed by atoms with van der Waals surface area (Å²) in [6.07, 6.45) is -1.69. The Labute approximate surface area is 111 Å². The van der Waals surface area contributed by atoms with E-state index >= 15 is 0 Å². The predicted octanol–water partition coefficient (Wildman–Crippen LogP) is 1.15. The van der Waals surface area contributed by atoms with Crippen molar-refractivity contribution in [2.24, 2.45) is 0 Å². The minimum absolute atomic E-state index is 0.0624. The molecule has 3 N–H and O–H groups in total. The number of carbonyl (C=O) groups is 2. The van der Waals surface area contributed by atoms with Crippen LogP contribution in [0.4, 0.5) is 4.39 Å². The number of benzene rings is 1. The van der Waals surface area contributed by atoms with Crippen LogP contribution >= 0.6 is 15.9 Å². The van der Waals surface area contributed by atoms with Gasteiger partial charge in [0.1, 0.15) is 5.82 Å². The van der Waals surface area contributed by atoms with Crippen molar-refractivity contribution < 1.29 is 24.2 Å². The lowest BCUT2D eigenvalue weighted by molar-refractivity contribution is -0.146. The molecule has 18 heavy (non-hydrogen) atoms. The Balaban J connectivity index is 2.59. The molecular formula is C11H11BrFNO4. The molecule has 0 fully saturated rings. The highest BCUT2D eigenvalue weighted by atomic mass is 79.9. The van der Waals surface area contributed by atoms with Crippen molar-refractivity contribution in [1.82, 2.24) is 5.32 Å². The lowest BCUT2D eigenvalue weighted by Gasteiger charge is -2.09. The van der Waals surface area contributed by atoms with Crippen LogP contribution in [-0.4, -0.2) is 34.7 Å². The van der Waals surface area contributed by atoms with Gasteiger partial charge in [0.05, 0.1) is 5.56 Å². The van der Waals surface area contributed by atoms with Gasteiger partial charge in [0, 0.05) is 17.4 Å². The first kappa shape index (κ1) is 14.6. The quantitative estimate of drug-likeness (QED) is 0.760. The molecule has 1 aromatic carbocycles. The number of rotatable bonds is 5. The number of carboxylic acids is 1. The molecule has 0 bridgehead atoms. The normalized spacial score (nSPS) is 11.9. The maximum Gasteiger partial charge on any atom is 0.332 e. The van der Waals surface area contributed by atoms with Crippen LogP contribution < -0.4 is 5.32 Å². The second kappa shape index (κ2) is 6.46.